The Balaban J connectivity index is 2.01. The quantitative estimate of drug-likeness (QED) is 0.908. The average Bonchev–Trinajstić information content (AvgIpc) is 2.86. The number of aryl methyl sites for hydroxylation is 1. The first-order valence-corrected chi connectivity index (χ1v) is 7.58. The Labute approximate surface area is 113 Å². The second kappa shape index (κ2) is 5.85. The number of nitrogens with one attached hydrogen (secondary N) is 1. The van der Waals surface area contributed by atoms with Crippen LogP contribution in [0.3, 0.4) is 0 Å². The van der Waals surface area contributed by atoms with E-state index in [4.69, 9.17) is 0 Å². The maximum atomic E-state index is 12.1. The first kappa shape index (κ1) is 13.6. The van der Waals surface area contributed by atoms with Crippen molar-refractivity contribution in [2.75, 3.05) is 13.6 Å². The van der Waals surface area contributed by atoms with Gasteiger partial charge in [0.05, 0.1) is 6.04 Å². The highest BCUT2D eigenvalue weighted by Gasteiger charge is 2.25. The second-order valence-electron chi connectivity index (χ2n) is 4.98. The molecule has 1 aliphatic carbocycles. The zero-order valence-corrected chi connectivity index (χ0v) is 12.2. The fourth-order valence-corrected chi connectivity index (χ4v) is 3.51. The van der Waals surface area contributed by atoms with Crippen LogP contribution in [0.1, 0.15) is 43.2 Å². The molecule has 1 aromatic heterocycles. The number of likely N-dealkylation sites (N-methyl/N-ethyl adjacent to an activating group) is 1. The summed E-state index contributed by atoms with van der Waals surface area (Å²) in [6.07, 6.45) is 3.55. The van der Waals surface area contributed by atoms with Crippen molar-refractivity contribution in [3.8, 4) is 0 Å². The summed E-state index contributed by atoms with van der Waals surface area (Å²) in [5.74, 6) is 0.180. The molecule has 0 saturated heterocycles. The molecule has 0 spiro atoms. The van der Waals surface area contributed by atoms with Crippen LogP contribution in [-0.2, 0) is 11.2 Å². The van der Waals surface area contributed by atoms with Gasteiger partial charge in [0, 0.05) is 24.5 Å². The molecule has 2 atom stereocenters. The molecule has 1 aromatic rings. The molecule has 100 valence electrons. The van der Waals surface area contributed by atoms with Crippen LogP contribution in [0, 0.1) is 0 Å². The number of carbonyl (C=O) groups excluding carboxylic acids is 1. The zero-order valence-electron chi connectivity index (χ0n) is 11.4. The molecule has 1 amide bonds. The maximum Gasteiger partial charge on any atom is 0.239 e. The number of thiophene rings is 1. The van der Waals surface area contributed by atoms with Gasteiger partial charge in [-0.3, -0.25) is 10.1 Å². The van der Waals surface area contributed by atoms with Crippen LogP contribution in [0.15, 0.2) is 11.4 Å². The predicted octanol–water partition coefficient (Wildman–Crippen LogP) is 2.58. The van der Waals surface area contributed by atoms with E-state index in [9.17, 15) is 4.79 Å². The fourth-order valence-electron chi connectivity index (χ4n) is 2.52. The first-order chi connectivity index (χ1) is 8.63. The van der Waals surface area contributed by atoms with Crippen LogP contribution in [-0.4, -0.2) is 30.4 Å². The first-order valence-electron chi connectivity index (χ1n) is 6.70. The van der Waals surface area contributed by atoms with Gasteiger partial charge in [-0.25, -0.2) is 0 Å². The van der Waals surface area contributed by atoms with Crippen LogP contribution in [0.4, 0.5) is 0 Å². The smallest absolute Gasteiger partial charge is 0.239 e. The molecule has 0 fully saturated rings. The van der Waals surface area contributed by atoms with Gasteiger partial charge in [0.1, 0.15) is 0 Å². The molecule has 2 unspecified atom stereocenters. The predicted molar refractivity (Wildman–Crippen MR) is 75.9 cm³/mol. The molecule has 4 heteroatoms. The van der Waals surface area contributed by atoms with E-state index >= 15 is 0 Å². The number of hydrogen-bond donors (Lipinski definition) is 1. The number of amides is 1. The van der Waals surface area contributed by atoms with Crippen molar-refractivity contribution >= 4 is 17.2 Å². The van der Waals surface area contributed by atoms with E-state index in [1.807, 2.05) is 32.2 Å². The molecular weight excluding hydrogens is 244 g/mol. The minimum Gasteiger partial charge on any atom is -0.345 e. The van der Waals surface area contributed by atoms with Gasteiger partial charge in [0.15, 0.2) is 0 Å². The van der Waals surface area contributed by atoms with E-state index in [1.165, 1.54) is 23.3 Å². The number of nitrogens with zero attached hydrogens (tertiary/aromatic N) is 1. The molecule has 1 N–H and O–H groups in total. The van der Waals surface area contributed by atoms with Crippen LogP contribution in [0.5, 0.6) is 0 Å². The Morgan fingerprint density at radius 1 is 1.67 bits per heavy atom. The van der Waals surface area contributed by atoms with Crippen molar-refractivity contribution < 1.29 is 4.79 Å². The Hall–Kier alpha value is -0.870. The summed E-state index contributed by atoms with van der Waals surface area (Å²) in [6, 6.07) is 2.45. The third-order valence-electron chi connectivity index (χ3n) is 3.72. The summed E-state index contributed by atoms with van der Waals surface area (Å²) < 4.78 is 0. The highest BCUT2D eigenvalue weighted by molar-refractivity contribution is 7.10. The molecule has 1 heterocycles. The average molecular weight is 266 g/mol. The number of carbonyl (C=O) groups is 1. The van der Waals surface area contributed by atoms with E-state index in [2.05, 4.69) is 16.8 Å². The summed E-state index contributed by atoms with van der Waals surface area (Å²) >= 11 is 1.84. The van der Waals surface area contributed by atoms with Crippen molar-refractivity contribution in [1.29, 1.82) is 0 Å². The summed E-state index contributed by atoms with van der Waals surface area (Å²) in [4.78, 5) is 15.3. The lowest BCUT2D eigenvalue weighted by Gasteiger charge is -2.28. The normalized spacial score (nSPS) is 20.3. The number of rotatable bonds is 4. The Bertz CT molecular complexity index is 416. The fraction of sp³-hybridized carbons (Fsp3) is 0.643. The van der Waals surface area contributed by atoms with Crippen molar-refractivity contribution in [3.05, 3.63) is 21.9 Å². The van der Waals surface area contributed by atoms with Gasteiger partial charge < -0.3 is 4.90 Å². The maximum absolute atomic E-state index is 12.1. The van der Waals surface area contributed by atoms with E-state index in [1.54, 1.807) is 4.90 Å². The molecule has 1 aliphatic rings. The van der Waals surface area contributed by atoms with Gasteiger partial charge >= 0.3 is 0 Å². The lowest BCUT2D eigenvalue weighted by atomic mass is 9.93. The number of fused-ring (bicyclic) bond motifs is 1. The number of hydrogen-bond acceptors (Lipinski definition) is 3. The third kappa shape index (κ3) is 2.75. The Morgan fingerprint density at radius 3 is 3.17 bits per heavy atom. The molecular formula is C14H22N2OS. The molecule has 0 bridgehead atoms. The monoisotopic (exact) mass is 266 g/mol. The molecule has 0 saturated carbocycles. The van der Waals surface area contributed by atoms with Gasteiger partial charge in [0.2, 0.25) is 5.91 Å². The molecule has 18 heavy (non-hydrogen) atoms. The molecule has 0 aromatic carbocycles. The van der Waals surface area contributed by atoms with Crippen molar-refractivity contribution in [1.82, 2.24) is 10.2 Å². The summed E-state index contributed by atoms with van der Waals surface area (Å²) in [7, 11) is 1.86. The van der Waals surface area contributed by atoms with E-state index < -0.39 is 0 Å². The van der Waals surface area contributed by atoms with Crippen LogP contribution in [0.25, 0.3) is 0 Å². The summed E-state index contributed by atoms with van der Waals surface area (Å²) in [5.41, 5.74) is 1.41. The van der Waals surface area contributed by atoms with Gasteiger partial charge in [-0.15, -0.1) is 11.3 Å². The Kier molecular flexibility index (Phi) is 4.40. The molecule has 0 aliphatic heterocycles. The van der Waals surface area contributed by atoms with Crippen molar-refractivity contribution in [3.63, 3.8) is 0 Å². The van der Waals surface area contributed by atoms with E-state index in [0.717, 1.165) is 13.0 Å². The standard InChI is InChI=1S/C14H22N2OS/c1-4-16(3)14(17)10(2)15-12-6-5-7-13-11(12)8-9-18-13/h8-10,12,15H,4-7H2,1-3H3. The topological polar surface area (TPSA) is 32.3 Å². The third-order valence-corrected chi connectivity index (χ3v) is 4.72. The van der Waals surface area contributed by atoms with E-state index in [-0.39, 0.29) is 11.9 Å². The van der Waals surface area contributed by atoms with Crippen LogP contribution < -0.4 is 5.32 Å². The lowest BCUT2D eigenvalue weighted by molar-refractivity contribution is -0.131. The molecule has 0 radical (unpaired) electrons. The van der Waals surface area contributed by atoms with Crippen molar-refractivity contribution in [2.45, 2.75) is 45.2 Å². The zero-order chi connectivity index (χ0) is 13.1. The summed E-state index contributed by atoms with van der Waals surface area (Å²) in [5, 5.41) is 5.65. The van der Waals surface area contributed by atoms with Gasteiger partial charge in [-0.2, -0.15) is 0 Å². The highest BCUT2D eigenvalue weighted by atomic mass is 32.1. The minimum absolute atomic E-state index is 0.106. The minimum atomic E-state index is -0.106. The second-order valence-corrected chi connectivity index (χ2v) is 5.99. The highest BCUT2D eigenvalue weighted by Crippen LogP contribution is 2.33. The van der Waals surface area contributed by atoms with Crippen LogP contribution in [0.2, 0.25) is 0 Å². The molecule has 3 nitrogen and oxygen atoms in total. The lowest BCUT2D eigenvalue weighted by Crippen LogP contribution is -2.44. The molecule has 2 rings (SSSR count). The largest absolute Gasteiger partial charge is 0.345 e. The van der Waals surface area contributed by atoms with Gasteiger partial charge in [-0.1, -0.05) is 0 Å². The SMILES string of the molecule is CCN(C)C(=O)C(C)NC1CCCc2sccc21. The Morgan fingerprint density at radius 2 is 2.44 bits per heavy atom. The van der Waals surface area contributed by atoms with Crippen molar-refractivity contribution in [2.24, 2.45) is 0 Å². The van der Waals surface area contributed by atoms with Gasteiger partial charge in [-0.05, 0) is 50.1 Å². The van der Waals surface area contributed by atoms with Gasteiger partial charge in [0.25, 0.3) is 0 Å². The van der Waals surface area contributed by atoms with E-state index in [0.29, 0.717) is 6.04 Å². The summed E-state index contributed by atoms with van der Waals surface area (Å²) in [6.45, 7) is 4.73. The van der Waals surface area contributed by atoms with Crippen LogP contribution >= 0.6 is 11.3 Å².